The normalized spacial score (nSPS) is 12.5. The molecule has 0 aliphatic rings. The Balaban J connectivity index is 2.68. The molecule has 84 valence electrons. The van der Waals surface area contributed by atoms with Crippen LogP contribution in [0.15, 0.2) is 16.6 Å². The molecule has 1 atom stereocenters. The van der Waals surface area contributed by atoms with Gasteiger partial charge in [-0.05, 0) is 28.9 Å². The van der Waals surface area contributed by atoms with E-state index in [1.165, 1.54) is 12.1 Å². The maximum atomic E-state index is 12.9. The standard InChI is InChI=1S/C10H13BrFNO2/c1-6(14)2-3-15-10-8(11)4-7(12)5-9(10)13/h4-6,14H,2-3,13H2,1H3. The van der Waals surface area contributed by atoms with Crippen LogP contribution in [0.4, 0.5) is 10.1 Å². The van der Waals surface area contributed by atoms with Gasteiger partial charge in [0, 0.05) is 12.5 Å². The van der Waals surface area contributed by atoms with Gasteiger partial charge in [0.15, 0.2) is 5.75 Å². The Bertz CT molecular complexity index is 321. The Labute approximate surface area is 96.2 Å². The van der Waals surface area contributed by atoms with Gasteiger partial charge >= 0.3 is 0 Å². The molecule has 1 aromatic rings. The first-order chi connectivity index (χ1) is 7.00. The summed E-state index contributed by atoms with van der Waals surface area (Å²) < 4.78 is 18.7. The zero-order chi connectivity index (χ0) is 11.4. The lowest BCUT2D eigenvalue weighted by molar-refractivity contribution is 0.155. The molecule has 1 unspecified atom stereocenters. The van der Waals surface area contributed by atoms with Crippen LogP contribution in [0.3, 0.4) is 0 Å². The topological polar surface area (TPSA) is 55.5 Å². The molecule has 0 aliphatic heterocycles. The predicted octanol–water partition coefficient (Wildman–Crippen LogP) is 2.32. The molecule has 0 saturated carbocycles. The van der Waals surface area contributed by atoms with Crippen LogP contribution >= 0.6 is 15.9 Å². The molecule has 0 amide bonds. The van der Waals surface area contributed by atoms with Crippen LogP contribution in [-0.4, -0.2) is 17.8 Å². The largest absolute Gasteiger partial charge is 0.490 e. The van der Waals surface area contributed by atoms with Gasteiger partial charge in [-0.1, -0.05) is 0 Å². The second-order valence-corrected chi connectivity index (χ2v) is 4.15. The van der Waals surface area contributed by atoms with E-state index in [1.54, 1.807) is 6.92 Å². The maximum absolute atomic E-state index is 12.9. The number of hydrogen-bond donors (Lipinski definition) is 2. The van der Waals surface area contributed by atoms with E-state index in [0.717, 1.165) is 0 Å². The SMILES string of the molecule is CC(O)CCOc1c(N)cc(F)cc1Br. The van der Waals surface area contributed by atoms with Gasteiger partial charge in [0.05, 0.1) is 22.9 Å². The van der Waals surface area contributed by atoms with Gasteiger partial charge in [-0.15, -0.1) is 0 Å². The average Bonchev–Trinajstić information content (AvgIpc) is 2.08. The van der Waals surface area contributed by atoms with E-state index in [0.29, 0.717) is 23.2 Å². The molecule has 3 N–H and O–H groups in total. The van der Waals surface area contributed by atoms with Crippen LogP contribution in [0, 0.1) is 5.82 Å². The molecule has 5 heteroatoms. The van der Waals surface area contributed by atoms with E-state index in [-0.39, 0.29) is 5.69 Å². The van der Waals surface area contributed by atoms with E-state index >= 15 is 0 Å². The molecule has 0 aliphatic carbocycles. The maximum Gasteiger partial charge on any atom is 0.156 e. The Hall–Kier alpha value is -0.810. The first-order valence-corrected chi connectivity index (χ1v) is 5.35. The van der Waals surface area contributed by atoms with Gasteiger partial charge in [0.2, 0.25) is 0 Å². The van der Waals surface area contributed by atoms with Crippen LogP contribution in [-0.2, 0) is 0 Å². The predicted molar refractivity (Wildman–Crippen MR) is 60.3 cm³/mol. The Morgan fingerprint density at radius 1 is 1.60 bits per heavy atom. The van der Waals surface area contributed by atoms with Crippen molar-refractivity contribution >= 4 is 21.6 Å². The van der Waals surface area contributed by atoms with Crippen LogP contribution in [0.5, 0.6) is 5.75 Å². The molecule has 0 fully saturated rings. The van der Waals surface area contributed by atoms with Crippen molar-refractivity contribution in [3.05, 3.63) is 22.4 Å². The van der Waals surface area contributed by atoms with Crippen LogP contribution in [0.25, 0.3) is 0 Å². The fraction of sp³-hybridized carbons (Fsp3) is 0.400. The summed E-state index contributed by atoms with van der Waals surface area (Å²) in [5, 5.41) is 9.03. The summed E-state index contributed by atoms with van der Waals surface area (Å²) in [7, 11) is 0. The van der Waals surface area contributed by atoms with Crippen molar-refractivity contribution in [3.63, 3.8) is 0 Å². The highest BCUT2D eigenvalue weighted by molar-refractivity contribution is 9.10. The number of anilines is 1. The molecule has 0 bridgehead atoms. The van der Waals surface area contributed by atoms with Crippen molar-refractivity contribution in [1.82, 2.24) is 0 Å². The number of ether oxygens (including phenoxy) is 1. The number of nitrogen functional groups attached to an aromatic ring is 1. The van der Waals surface area contributed by atoms with E-state index in [4.69, 9.17) is 15.6 Å². The molecule has 15 heavy (non-hydrogen) atoms. The van der Waals surface area contributed by atoms with Crippen molar-refractivity contribution in [3.8, 4) is 5.75 Å². The molecule has 0 heterocycles. The van der Waals surface area contributed by atoms with E-state index in [9.17, 15) is 4.39 Å². The molecule has 1 aromatic carbocycles. The van der Waals surface area contributed by atoms with E-state index < -0.39 is 11.9 Å². The number of rotatable bonds is 4. The summed E-state index contributed by atoms with van der Waals surface area (Å²) in [5.74, 6) is -0.000647. The minimum atomic E-state index is -0.426. The third kappa shape index (κ3) is 3.68. The summed E-state index contributed by atoms with van der Waals surface area (Å²) in [6.07, 6.45) is 0.0777. The number of hydrogen-bond acceptors (Lipinski definition) is 3. The summed E-state index contributed by atoms with van der Waals surface area (Å²) in [6.45, 7) is 2.01. The van der Waals surface area contributed by atoms with E-state index in [2.05, 4.69) is 15.9 Å². The molecule has 0 aromatic heterocycles. The number of aliphatic hydroxyl groups excluding tert-OH is 1. The lowest BCUT2D eigenvalue weighted by Crippen LogP contribution is -2.08. The summed E-state index contributed by atoms with van der Waals surface area (Å²) in [6, 6.07) is 2.48. The van der Waals surface area contributed by atoms with Crippen molar-refractivity contribution in [2.45, 2.75) is 19.4 Å². The van der Waals surface area contributed by atoms with E-state index in [1.807, 2.05) is 0 Å². The highest BCUT2D eigenvalue weighted by Crippen LogP contribution is 2.32. The zero-order valence-electron chi connectivity index (χ0n) is 8.34. The molecular formula is C10H13BrFNO2. The monoisotopic (exact) mass is 277 g/mol. The summed E-state index contributed by atoms with van der Waals surface area (Å²) in [4.78, 5) is 0. The van der Waals surface area contributed by atoms with Gasteiger partial charge < -0.3 is 15.6 Å². The van der Waals surface area contributed by atoms with Gasteiger partial charge in [-0.2, -0.15) is 0 Å². The molecular weight excluding hydrogens is 265 g/mol. The van der Waals surface area contributed by atoms with Crippen LogP contribution in [0.2, 0.25) is 0 Å². The fourth-order valence-electron chi connectivity index (χ4n) is 1.06. The average molecular weight is 278 g/mol. The van der Waals surface area contributed by atoms with Crippen molar-refractivity contribution in [2.24, 2.45) is 0 Å². The second-order valence-electron chi connectivity index (χ2n) is 3.29. The molecule has 0 spiro atoms. The van der Waals surface area contributed by atoms with Gasteiger partial charge in [-0.25, -0.2) is 4.39 Å². The highest BCUT2D eigenvalue weighted by Gasteiger charge is 2.08. The highest BCUT2D eigenvalue weighted by atomic mass is 79.9. The summed E-state index contributed by atoms with van der Waals surface area (Å²) >= 11 is 3.16. The van der Waals surface area contributed by atoms with Gasteiger partial charge in [-0.3, -0.25) is 0 Å². The first-order valence-electron chi connectivity index (χ1n) is 4.56. The Morgan fingerprint density at radius 2 is 2.27 bits per heavy atom. The minimum Gasteiger partial charge on any atom is -0.490 e. The fourth-order valence-corrected chi connectivity index (χ4v) is 1.63. The lowest BCUT2D eigenvalue weighted by Gasteiger charge is -2.11. The van der Waals surface area contributed by atoms with Gasteiger partial charge in [0.25, 0.3) is 0 Å². The smallest absolute Gasteiger partial charge is 0.156 e. The first kappa shape index (κ1) is 12.3. The summed E-state index contributed by atoms with van der Waals surface area (Å²) in [5.41, 5.74) is 5.82. The van der Waals surface area contributed by atoms with Crippen molar-refractivity contribution < 1.29 is 14.2 Å². The molecule has 0 saturated heterocycles. The number of benzene rings is 1. The third-order valence-electron chi connectivity index (χ3n) is 1.82. The van der Waals surface area contributed by atoms with Crippen molar-refractivity contribution in [2.75, 3.05) is 12.3 Å². The number of aliphatic hydroxyl groups is 1. The minimum absolute atomic E-state index is 0.243. The van der Waals surface area contributed by atoms with Crippen LogP contribution < -0.4 is 10.5 Å². The second kappa shape index (κ2) is 5.32. The number of halogens is 2. The van der Waals surface area contributed by atoms with Crippen LogP contribution in [0.1, 0.15) is 13.3 Å². The quantitative estimate of drug-likeness (QED) is 0.831. The zero-order valence-corrected chi connectivity index (χ0v) is 9.92. The van der Waals surface area contributed by atoms with Gasteiger partial charge in [0.1, 0.15) is 5.82 Å². The molecule has 1 rings (SSSR count). The third-order valence-corrected chi connectivity index (χ3v) is 2.41. The lowest BCUT2D eigenvalue weighted by atomic mass is 10.3. The van der Waals surface area contributed by atoms with Crippen molar-refractivity contribution in [1.29, 1.82) is 0 Å². The Morgan fingerprint density at radius 3 is 2.80 bits per heavy atom. The molecule has 0 radical (unpaired) electrons. The number of nitrogens with two attached hydrogens (primary N) is 1. The molecule has 3 nitrogen and oxygen atoms in total. The Kier molecular flexibility index (Phi) is 4.35.